The molecule has 0 heterocycles. The van der Waals surface area contributed by atoms with Crippen LogP contribution in [-0.4, -0.2) is 13.0 Å². The third kappa shape index (κ3) is 11.3. The van der Waals surface area contributed by atoms with Gasteiger partial charge in [0.25, 0.3) is 0 Å². The van der Waals surface area contributed by atoms with Crippen molar-refractivity contribution in [2.75, 3.05) is 0 Å². The summed E-state index contributed by atoms with van der Waals surface area (Å²) >= 11 is 0. The van der Waals surface area contributed by atoms with Crippen LogP contribution in [0.15, 0.2) is 71.7 Å². The normalized spacial score (nSPS) is 9.43. The Kier molecular flexibility index (Phi) is 12.3. The Bertz CT molecular complexity index is 724. The molecule has 2 aromatic rings. The topological polar surface area (TPSA) is 57.2 Å². The van der Waals surface area contributed by atoms with Crippen LogP contribution in [-0.2, 0) is 10.1 Å². The van der Waals surface area contributed by atoms with Crippen LogP contribution in [0.5, 0.6) is 0 Å². The summed E-state index contributed by atoms with van der Waals surface area (Å²) in [7, 11) is -4.38. The molecule has 0 saturated heterocycles. The van der Waals surface area contributed by atoms with Crippen LogP contribution in [0.25, 0.3) is 10.8 Å². The molecule has 0 radical (unpaired) electrons. The van der Waals surface area contributed by atoms with E-state index >= 15 is 0 Å². The molecule has 0 bridgehead atoms. The summed E-state index contributed by atoms with van der Waals surface area (Å²) in [5.41, 5.74) is 2.33. The van der Waals surface area contributed by atoms with E-state index in [1.165, 1.54) is 17.2 Å². The summed E-state index contributed by atoms with van der Waals surface area (Å²) in [6.45, 7) is 15.0. The summed E-state index contributed by atoms with van der Waals surface area (Å²) in [5, 5.41) is 1.23. The molecule has 0 spiro atoms. The standard InChI is InChI=1S/C10H8O3S.2C4H8.Na/c11-14(12,13)10-7-3-5-8-4-1-2-6-9(8)10;2*1-4(2)3;/h1-7H,(H,11,12,13);2*1H2,2-3H3;/q;;;+1/p-1. The van der Waals surface area contributed by atoms with Gasteiger partial charge in [-0.1, -0.05) is 47.5 Å². The van der Waals surface area contributed by atoms with Crippen LogP contribution < -0.4 is 29.6 Å². The predicted molar refractivity (Wildman–Crippen MR) is 92.9 cm³/mol. The van der Waals surface area contributed by atoms with E-state index in [4.69, 9.17) is 0 Å². The van der Waals surface area contributed by atoms with Gasteiger partial charge in [-0.15, -0.1) is 13.2 Å². The van der Waals surface area contributed by atoms with Crippen molar-refractivity contribution in [3.05, 3.63) is 66.8 Å². The second kappa shape index (κ2) is 11.6. The number of allylic oxidation sites excluding steroid dienone is 2. The van der Waals surface area contributed by atoms with Crippen molar-refractivity contribution in [2.24, 2.45) is 0 Å². The van der Waals surface area contributed by atoms with E-state index in [0.29, 0.717) is 5.39 Å². The maximum Gasteiger partial charge on any atom is 1.00 e. The van der Waals surface area contributed by atoms with Crippen LogP contribution in [0.1, 0.15) is 27.7 Å². The van der Waals surface area contributed by atoms with Gasteiger partial charge >= 0.3 is 29.6 Å². The van der Waals surface area contributed by atoms with Gasteiger partial charge < -0.3 is 4.55 Å². The maximum atomic E-state index is 10.9. The van der Waals surface area contributed by atoms with E-state index in [2.05, 4.69) is 13.2 Å². The quantitative estimate of drug-likeness (QED) is 0.452. The Morgan fingerprint density at radius 3 is 1.70 bits per heavy atom. The molecule has 23 heavy (non-hydrogen) atoms. The summed E-state index contributed by atoms with van der Waals surface area (Å²) < 4.78 is 32.7. The Hall–Kier alpha value is -0.910. The third-order valence-electron chi connectivity index (χ3n) is 2.02. The molecule has 0 fully saturated rings. The van der Waals surface area contributed by atoms with Gasteiger partial charge in [0.2, 0.25) is 0 Å². The van der Waals surface area contributed by atoms with Crippen molar-refractivity contribution in [2.45, 2.75) is 32.6 Å². The van der Waals surface area contributed by atoms with Crippen molar-refractivity contribution in [1.82, 2.24) is 0 Å². The predicted octanol–water partition coefficient (Wildman–Crippen LogP) is 1.91. The Morgan fingerprint density at radius 1 is 0.870 bits per heavy atom. The van der Waals surface area contributed by atoms with E-state index in [-0.39, 0.29) is 34.5 Å². The number of hydrogen-bond acceptors (Lipinski definition) is 3. The second-order valence-electron chi connectivity index (χ2n) is 5.35. The smallest absolute Gasteiger partial charge is 0.744 e. The minimum absolute atomic E-state index is 0. The summed E-state index contributed by atoms with van der Waals surface area (Å²) in [4.78, 5) is -0.157. The van der Waals surface area contributed by atoms with Crippen molar-refractivity contribution >= 4 is 20.9 Å². The van der Waals surface area contributed by atoms with Gasteiger partial charge in [-0.25, -0.2) is 8.42 Å². The van der Waals surface area contributed by atoms with E-state index in [1.807, 2.05) is 27.7 Å². The molecule has 3 nitrogen and oxygen atoms in total. The van der Waals surface area contributed by atoms with Crippen molar-refractivity contribution in [3.8, 4) is 0 Å². The Morgan fingerprint density at radius 2 is 1.26 bits per heavy atom. The zero-order valence-corrected chi connectivity index (χ0v) is 17.4. The molecule has 0 saturated carbocycles. The molecule has 120 valence electrons. The minimum Gasteiger partial charge on any atom is -0.744 e. The molecule has 0 aliphatic heterocycles. The second-order valence-corrected chi connectivity index (χ2v) is 6.69. The summed E-state index contributed by atoms with van der Waals surface area (Å²) in [6.07, 6.45) is 0. The molecule has 0 aromatic heterocycles. The zero-order chi connectivity index (χ0) is 17.3. The number of fused-ring (bicyclic) bond motifs is 1. The zero-order valence-electron chi connectivity index (χ0n) is 14.6. The average molecular weight is 342 g/mol. The fraction of sp³-hybridized carbons (Fsp3) is 0.222. The van der Waals surface area contributed by atoms with Crippen molar-refractivity contribution < 1.29 is 42.5 Å². The van der Waals surface area contributed by atoms with Gasteiger partial charge in [0.15, 0.2) is 0 Å². The molecule has 0 atom stereocenters. The van der Waals surface area contributed by atoms with Gasteiger partial charge in [0.1, 0.15) is 10.1 Å². The number of benzene rings is 2. The van der Waals surface area contributed by atoms with Gasteiger partial charge in [-0.3, -0.25) is 0 Å². The maximum absolute atomic E-state index is 10.9. The number of rotatable bonds is 1. The molecular formula is C18H23NaO3S. The van der Waals surface area contributed by atoms with Gasteiger partial charge in [-0.05, 0) is 44.5 Å². The van der Waals surface area contributed by atoms with Gasteiger partial charge in [0, 0.05) is 0 Å². The fourth-order valence-corrected chi connectivity index (χ4v) is 2.11. The largest absolute Gasteiger partial charge is 1.00 e. The van der Waals surface area contributed by atoms with Crippen LogP contribution >= 0.6 is 0 Å². The minimum atomic E-state index is -4.38. The molecule has 0 N–H and O–H groups in total. The molecule has 2 aromatic carbocycles. The average Bonchev–Trinajstić information content (AvgIpc) is 2.35. The van der Waals surface area contributed by atoms with E-state index < -0.39 is 10.1 Å². The molecule has 5 heteroatoms. The molecule has 0 aliphatic carbocycles. The van der Waals surface area contributed by atoms with Crippen LogP contribution in [0, 0.1) is 0 Å². The first-order valence-electron chi connectivity index (χ1n) is 6.73. The summed E-state index contributed by atoms with van der Waals surface area (Å²) in [5.74, 6) is 0. The monoisotopic (exact) mass is 342 g/mol. The van der Waals surface area contributed by atoms with E-state index in [9.17, 15) is 13.0 Å². The molecule has 0 unspecified atom stereocenters. The molecule has 0 aliphatic rings. The Balaban J connectivity index is 0. The van der Waals surface area contributed by atoms with Crippen molar-refractivity contribution in [1.29, 1.82) is 0 Å². The summed E-state index contributed by atoms with van der Waals surface area (Å²) in [6, 6.07) is 11.5. The van der Waals surface area contributed by atoms with Crippen LogP contribution in [0.2, 0.25) is 0 Å². The molecule has 0 amide bonds. The first kappa shape index (κ1) is 24.3. The fourth-order valence-electron chi connectivity index (χ4n) is 1.41. The third-order valence-corrected chi connectivity index (χ3v) is 2.91. The van der Waals surface area contributed by atoms with Gasteiger partial charge in [-0.2, -0.15) is 0 Å². The van der Waals surface area contributed by atoms with E-state index in [0.717, 1.165) is 5.39 Å². The van der Waals surface area contributed by atoms with Crippen molar-refractivity contribution in [3.63, 3.8) is 0 Å². The molecular weight excluding hydrogens is 319 g/mol. The first-order chi connectivity index (χ1) is 10.1. The number of hydrogen-bond donors (Lipinski definition) is 0. The first-order valence-corrected chi connectivity index (χ1v) is 8.14. The molecule has 2 rings (SSSR count). The SMILES string of the molecule is C=C(C)C.C=C(C)C.O=S(=O)([O-])c1cccc2ccccc12.[Na+]. The van der Waals surface area contributed by atoms with E-state index in [1.54, 1.807) is 36.4 Å². The van der Waals surface area contributed by atoms with Gasteiger partial charge in [0.05, 0.1) is 4.90 Å². The van der Waals surface area contributed by atoms with Crippen LogP contribution in [0.3, 0.4) is 0 Å². The van der Waals surface area contributed by atoms with Crippen LogP contribution in [0.4, 0.5) is 0 Å². The Labute approximate surface area is 162 Å².